The van der Waals surface area contributed by atoms with Crippen molar-refractivity contribution >= 4 is 5.69 Å². The van der Waals surface area contributed by atoms with Crippen LogP contribution in [-0.4, -0.2) is 17.2 Å². The van der Waals surface area contributed by atoms with E-state index >= 15 is 0 Å². The molecule has 106 valence electrons. The number of nitrogens with zero attached hydrogens (tertiary/aromatic N) is 1. The van der Waals surface area contributed by atoms with Crippen molar-refractivity contribution in [2.75, 3.05) is 12.3 Å². The van der Waals surface area contributed by atoms with Crippen LogP contribution in [0.15, 0.2) is 12.1 Å². The van der Waals surface area contributed by atoms with Crippen LogP contribution in [0, 0.1) is 5.92 Å². The van der Waals surface area contributed by atoms with E-state index in [0.29, 0.717) is 23.4 Å². The number of nitrogen functional groups attached to an aromatic ring is 1. The van der Waals surface area contributed by atoms with Crippen molar-refractivity contribution in [3.63, 3.8) is 0 Å². The van der Waals surface area contributed by atoms with Crippen LogP contribution >= 0.6 is 0 Å². The van der Waals surface area contributed by atoms with Gasteiger partial charge in [0.15, 0.2) is 0 Å². The lowest BCUT2D eigenvalue weighted by molar-refractivity contribution is 0.123. The van der Waals surface area contributed by atoms with Crippen LogP contribution in [0.4, 0.5) is 5.69 Å². The fraction of sp³-hybridized carbons (Fsp3) is 0.667. The molecular formula is C15H24N2O2. The normalized spacial score (nSPS) is 16.6. The first kappa shape index (κ1) is 14.0. The summed E-state index contributed by atoms with van der Waals surface area (Å²) in [5.41, 5.74) is 6.10. The molecule has 4 nitrogen and oxygen atoms in total. The fourth-order valence-electron chi connectivity index (χ4n) is 2.27. The predicted molar refractivity (Wildman–Crippen MR) is 76.5 cm³/mol. The molecule has 0 aliphatic heterocycles. The molecule has 0 radical (unpaired) electrons. The van der Waals surface area contributed by atoms with Crippen LogP contribution in [0.3, 0.4) is 0 Å². The van der Waals surface area contributed by atoms with Crippen LogP contribution in [0.1, 0.15) is 46.5 Å². The number of anilines is 1. The highest BCUT2D eigenvalue weighted by Gasteiger charge is 2.18. The number of rotatable bonds is 4. The zero-order valence-corrected chi connectivity index (χ0v) is 12.1. The van der Waals surface area contributed by atoms with Crippen LogP contribution in [0.25, 0.3) is 0 Å². The van der Waals surface area contributed by atoms with Crippen LogP contribution < -0.4 is 15.2 Å². The Morgan fingerprint density at radius 2 is 1.95 bits per heavy atom. The van der Waals surface area contributed by atoms with E-state index in [9.17, 15) is 0 Å². The molecule has 1 aromatic rings. The van der Waals surface area contributed by atoms with Crippen LogP contribution in [0.5, 0.6) is 11.8 Å². The van der Waals surface area contributed by atoms with Gasteiger partial charge >= 0.3 is 0 Å². The molecule has 0 amide bonds. The topological polar surface area (TPSA) is 57.4 Å². The van der Waals surface area contributed by atoms with E-state index in [4.69, 9.17) is 15.2 Å². The number of hydrogen-bond donors (Lipinski definition) is 1. The highest BCUT2D eigenvalue weighted by molar-refractivity contribution is 5.49. The lowest BCUT2D eigenvalue weighted by atomic mass is 10.1. The number of aromatic nitrogens is 1. The summed E-state index contributed by atoms with van der Waals surface area (Å²) in [5.74, 6) is 1.73. The van der Waals surface area contributed by atoms with Crippen molar-refractivity contribution in [1.82, 2.24) is 4.98 Å². The molecule has 1 aliphatic rings. The highest BCUT2D eigenvalue weighted by Crippen LogP contribution is 2.28. The van der Waals surface area contributed by atoms with Crippen molar-refractivity contribution in [2.24, 2.45) is 5.92 Å². The van der Waals surface area contributed by atoms with Gasteiger partial charge in [-0.2, -0.15) is 4.98 Å². The molecule has 2 N–H and O–H groups in total. The van der Waals surface area contributed by atoms with Gasteiger partial charge in [0.25, 0.3) is 0 Å². The summed E-state index contributed by atoms with van der Waals surface area (Å²) in [6.45, 7) is 6.66. The Morgan fingerprint density at radius 1 is 1.26 bits per heavy atom. The van der Waals surface area contributed by atoms with Gasteiger partial charge in [-0.05, 0) is 45.6 Å². The molecule has 0 saturated heterocycles. The molecule has 1 aromatic heterocycles. The zero-order chi connectivity index (χ0) is 13.9. The van der Waals surface area contributed by atoms with Gasteiger partial charge in [0.1, 0.15) is 5.60 Å². The van der Waals surface area contributed by atoms with E-state index in [1.165, 1.54) is 25.7 Å². The Labute approximate surface area is 115 Å². The van der Waals surface area contributed by atoms with Crippen molar-refractivity contribution in [3.8, 4) is 11.8 Å². The van der Waals surface area contributed by atoms with Gasteiger partial charge in [0.2, 0.25) is 11.8 Å². The van der Waals surface area contributed by atoms with Gasteiger partial charge in [0, 0.05) is 6.07 Å². The first-order chi connectivity index (χ1) is 8.94. The molecule has 2 rings (SSSR count). The minimum absolute atomic E-state index is 0.314. The van der Waals surface area contributed by atoms with E-state index < -0.39 is 0 Å². The van der Waals surface area contributed by atoms with Gasteiger partial charge in [-0.25, -0.2) is 0 Å². The standard InChI is InChI=1S/C15H24N2O2/c1-15(2,3)19-14-12(16)8-9-13(17-14)18-10-11-6-4-5-7-11/h8-9,11H,4-7,10,16H2,1-3H3. The molecule has 1 heterocycles. The average Bonchev–Trinajstić information content (AvgIpc) is 2.81. The van der Waals surface area contributed by atoms with E-state index in [1.807, 2.05) is 20.8 Å². The van der Waals surface area contributed by atoms with Gasteiger partial charge in [-0.3, -0.25) is 0 Å². The maximum atomic E-state index is 5.87. The second-order valence-electron chi connectivity index (χ2n) is 6.22. The summed E-state index contributed by atoms with van der Waals surface area (Å²) < 4.78 is 11.5. The molecule has 0 atom stereocenters. The molecule has 0 unspecified atom stereocenters. The Morgan fingerprint density at radius 3 is 2.58 bits per heavy atom. The third-order valence-corrected chi connectivity index (χ3v) is 3.21. The van der Waals surface area contributed by atoms with E-state index in [0.717, 1.165) is 6.61 Å². The van der Waals surface area contributed by atoms with Crippen molar-refractivity contribution in [2.45, 2.75) is 52.1 Å². The zero-order valence-electron chi connectivity index (χ0n) is 12.1. The number of pyridine rings is 1. The molecular weight excluding hydrogens is 240 g/mol. The molecule has 0 aromatic carbocycles. The molecule has 1 aliphatic carbocycles. The summed E-state index contributed by atoms with van der Waals surface area (Å²) in [6.07, 6.45) is 5.17. The van der Waals surface area contributed by atoms with Crippen molar-refractivity contribution < 1.29 is 9.47 Å². The quantitative estimate of drug-likeness (QED) is 0.905. The Bertz CT molecular complexity index is 421. The van der Waals surface area contributed by atoms with Gasteiger partial charge < -0.3 is 15.2 Å². The smallest absolute Gasteiger partial charge is 0.241 e. The largest absolute Gasteiger partial charge is 0.477 e. The minimum Gasteiger partial charge on any atom is -0.477 e. The SMILES string of the molecule is CC(C)(C)Oc1nc(OCC2CCCC2)ccc1N. The monoisotopic (exact) mass is 264 g/mol. The Hall–Kier alpha value is -1.45. The Balaban J connectivity index is 1.99. The summed E-state index contributed by atoms with van der Waals surface area (Å²) in [7, 11) is 0. The number of ether oxygens (including phenoxy) is 2. The third kappa shape index (κ3) is 4.30. The first-order valence-electron chi connectivity index (χ1n) is 7.02. The molecule has 0 spiro atoms. The first-order valence-corrected chi connectivity index (χ1v) is 7.02. The molecule has 19 heavy (non-hydrogen) atoms. The van der Waals surface area contributed by atoms with Gasteiger partial charge in [-0.15, -0.1) is 0 Å². The molecule has 1 saturated carbocycles. The molecule has 1 fully saturated rings. The molecule has 0 bridgehead atoms. The lowest BCUT2D eigenvalue weighted by Crippen LogP contribution is -2.24. The van der Waals surface area contributed by atoms with E-state index in [1.54, 1.807) is 12.1 Å². The van der Waals surface area contributed by atoms with Crippen molar-refractivity contribution in [1.29, 1.82) is 0 Å². The second-order valence-corrected chi connectivity index (χ2v) is 6.22. The molecule has 4 heteroatoms. The second kappa shape index (κ2) is 5.68. The summed E-state index contributed by atoms with van der Waals surface area (Å²) in [6, 6.07) is 3.60. The fourth-order valence-corrected chi connectivity index (χ4v) is 2.27. The third-order valence-electron chi connectivity index (χ3n) is 3.21. The van der Waals surface area contributed by atoms with E-state index in [-0.39, 0.29) is 5.60 Å². The van der Waals surface area contributed by atoms with Crippen molar-refractivity contribution in [3.05, 3.63) is 12.1 Å². The lowest BCUT2D eigenvalue weighted by Gasteiger charge is -2.21. The maximum absolute atomic E-state index is 5.87. The van der Waals surface area contributed by atoms with Gasteiger partial charge in [-0.1, -0.05) is 12.8 Å². The minimum atomic E-state index is -0.314. The summed E-state index contributed by atoms with van der Waals surface area (Å²) in [4.78, 5) is 4.35. The van der Waals surface area contributed by atoms with Crippen LogP contribution in [0.2, 0.25) is 0 Å². The average molecular weight is 264 g/mol. The highest BCUT2D eigenvalue weighted by atomic mass is 16.5. The number of nitrogens with two attached hydrogens (primary N) is 1. The van der Waals surface area contributed by atoms with E-state index in [2.05, 4.69) is 4.98 Å². The maximum Gasteiger partial charge on any atom is 0.241 e. The predicted octanol–water partition coefficient (Wildman–Crippen LogP) is 3.41. The van der Waals surface area contributed by atoms with Crippen LogP contribution in [-0.2, 0) is 0 Å². The summed E-state index contributed by atoms with van der Waals surface area (Å²) >= 11 is 0. The summed E-state index contributed by atoms with van der Waals surface area (Å²) in [5, 5.41) is 0. The Kier molecular flexibility index (Phi) is 4.17. The van der Waals surface area contributed by atoms with Gasteiger partial charge in [0.05, 0.1) is 12.3 Å². The number of hydrogen-bond acceptors (Lipinski definition) is 4.